The first-order valence-electron chi connectivity index (χ1n) is 3.31. The number of rotatable bonds is 0. The Morgan fingerprint density at radius 3 is 2.50 bits per heavy atom. The summed E-state index contributed by atoms with van der Waals surface area (Å²) in [5.41, 5.74) is -1.20. The largest absolute Gasteiger partial charge is 0.225 e. The zero-order chi connectivity index (χ0) is 8.97. The fraction of sp³-hybridized carbons (Fsp3) is 0. The molecule has 4 heteroatoms. The minimum Gasteiger partial charge on any atom is -0.220 e. The molecule has 1 radical (unpaired) electrons. The first kappa shape index (κ1) is 8.91. The first-order valence-corrected chi connectivity index (χ1v) is 3.31. The van der Waals surface area contributed by atoms with Crippen molar-refractivity contribution in [1.29, 1.82) is 0 Å². The summed E-state index contributed by atoms with van der Waals surface area (Å²) in [5, 5.41) is 0. The summed E-state index contributed by atoms with van der Waals surface area (Å²) in [5.74, 6) is -1.38. The van der Waals surface area contributed by atoms with E-state index in [9.17, 15) is 13.2 Å². The molecule has 12 heavy (non-hydrogen) atoms. The van der Waals surface area contributed by atoms with E-state index in [0.29, 0.717) is 0 Å². The summed E-state index contributed by atoms with van der Waals surface area (Å²) < 4.78 is 37.6. The molecule has 0 saturated heterocycles. The maximum atomic E-state index is 12.6. The summed E-state index contributed by atoms with van der Waals surface area (Å²) in [4.78, 5) is 0. The first-order chi connectivity index (χ1) is 5.72. The molecule has 0 aromatic rings. The normalized spacial score (nSPS) is 17.8. The molecule has 0 bridgehead atoms. The van der Waals surface area contributed by atoms with E-state index in [4.69, 9.17) is 0 Å². The van der Waals surface area contributed by atoms with Gasteiger partial charge in [0.05, 0.1) is 5.73 Å². The van der Waals surface area contributed by atoms with Crippen molar-refractivity contribution in [2.75, 3.05) is 0 Å². The van der Waals surface area contributed by atoms with Crippen molar-refractivity contribution in [3.8, 4) is 0 Å². The van der Waals surface area contributed by atoms with Crippen molar-refractivity contribution in [2.24, 2.45) is 0 Å². The minimum absolute atomic E-state index is 0.860. The van der Waals surface area contributed by atoms with Gasteiger partial charge < -0.3 is 0 Å². The van der Waals surface area contributed by atoms with Crippen LogP contribution in [0.1, 0.15) is 0 Å². The molecule has 0 amide bonds. The third-order valence-corrected chi connectivity index (χ3v) is 1.24. The second-order valence-electron chi connectivity index (χ2n) is 2.11. The molecule has 0 aromatic heterocycles. The van der Waals surface area contributed by atoms with Gasteiger partial charge in [-0.2, -0.15) is 0 Å². The lowest BCUT2D eigenvalue weighted by atomic mass is 9.76. The topological polar surface area (TPSA) is 0 Å². The molecular formula is C8H5BF3. The highest BCUT2D eigenvalue weighted by molar-refractivity contribution is 6.50. The van der Waals surface area contributed by atoms with Crippen LogP contribution in [0, 0.1) is 0 Å². The Morgan fingerprint density at radius 1 is 1.00 bits per heavy atom. The number of hydrogen-bond acceptors (Lipinski definition) is 0. The monoisotopic (exact) mass is 169 g/mol. The van der Waals surface area contributed by atoms with Gasteiger partial charge in [-0.1, -0.05) is 18.2 Å². The fourth-order valence-corrected chi connectivity index (χ4v) is 0.669. The summed E-state index contributed by atoms with van der Waals surface area (Å²) in [6, 6.07) is 0. The van der Waals surface area contributed by atoms with Crippen molar-refractivity contribution in [2.45, 2.75) is 0 Å². The summed E-state index contributed by atoms with van der Waals surface area (Å²) in [7, 11) is 0.860. The third kappa shape index (κ3) is 2.15. The van der Waals surface area contributed by atoms with Gasteiger partial charge in [-0.3, -0.25) is 0 Å². The molecule has 0 saturated carbocycles. The Labute approximate surface area is 69.0 Å². The van der Waals surface area contributed by atoms with Gasteiger partial charge in [0.25, 0.3) is 0 Å². The predicted octanol–water partition coefficient (Wildman–Crippen LogP) is 2.74. The Kier molecular flexibility index (Phi) is 2.97. The van der Waals surface area contributed by atoms with Gasteiger partial charge in [0.15, 0.2) is 11.7 Å². The molecule has 0 N–H and O–H groups in total. The number of allylic oxidation sites excluding steroid dienone is 6. The van der Waals surface area contributed by atoms with Crippen LogP contribution in [0.4, 0.5) is 13.2 Å². The van der Waals surface area contributed by atoms with Crippen LogP contribution in [0.25, 0.3) is 0 Å². The van der Waals surface area contributed by atoms with Crippen LogP contribution < -0.4 is 0 Å². The van der Waals surface area contributed by atoms with Crippen molar-refractivity contribution in [3.05, 3.63) is 47.7 Å². The molecular weight excluding hydrogens is 164 g/mol. The number of hydrogen-bond donors (Lipinski definition) is 0. The molecule has 0 nitrogen and oxygen atoms in total. The molecule has 0 aromatic carbocycles. The van der Waals surface area contributed by atoms with Crippen LogP contribution in [0.5, 0.6) is 0 Å². The van der Waals surface area contributed by atoms with E-state index in [1.165, 1.54) is 24.2 Å². The van der Waals surface area contributed by atoms with Gasteiger partial charge in [-0.25, -0.2) is 13.2 Å². The lowest BCUT2D eigenvalue weighted by molar-refractivity contribution is 0.512. The van der Waals surface area contributed by atoms with E-state index in [1.807, 2.05) is 0 Å². The standard InChI is InChI=1S/C8H5BF3/c10-6-4-2-1-3-5-9-8(12)7(6)11/h1-5H. The highest BCUT2D eigenvalue weighted by Crippen LogP contribution is 2.18. The molecule has 1 rings (SSSR count). The molecule has 1 heterocycles. The van der Waals surface area contributed by atoms with Crippen molar-refractivity contribution in [1.82, 2.24) is 0 Å². The average molecular weight is 169 g/mol. The molecule has 0 spiro atoms. The Balaban J connectivity index is 3.01. The fourth-order valence-electron chi connectivity index (χ4n) is 0.669. The predicted molar refractivity (Wildman–Crippen MR) is 42.5 cm³/mol. The number of halogens is 3. The maximum absolute atomic E-state index is 12.6. The van der Waals surface area contributed by atoms with Crippen LogP contribution >= 0.6 is 0 Å². The van der Waals surface area contributed by atoms with Gasteiger partial charge in [0.1, 0.15) is 0 Å². The van der Waals surface area contributed by atoms with Crippen LogP contribution in [0.15, 0.2) is 47.7 Å². The van der Waals surface area contributed by atoms with E-state index >= 15 is 0 Å². The minimum atomic E-state index is -1.47. The van der Waals surface area contributed by atoms with Crippen LogP contribution in [-0.2, 0) is 0 Å². The van der Waals surface area contributed by atoms with E-state index in [0.717, 1.165) is 13.4 Å². The van der Waals surface area contributed by atoms with Gasteiger partial charge in [0, 0.05) is 0 Å². The van der Waals surface area contributed by atoms with Crippen LogP contribution in [-0.4, -0.2) is 7.28 Å². The highest BCUT2D eigenvalue weighted by Gasteiger charge is 2.10. The third-order valence-electron chi connectivity index (χ3n) is 1.24. The van der Waals surface area contributed by atoms with E-state index in [2.05, 4.69) is 0 Å². The van der Waals surface area contributed by atoms with E-state index in [-0.39, 0.29) is 0 Å². The Hall–Kier alpha value is -1.19. The van der Waals surface area contributed by atoms with Crippen LogP contribution in [0.2, 0.25) is 0 Å². The molecule has 1 aliphatic heterocycles. The summed E-state index contributed by atoms with van der Waals surface area (Å²) in [6.45, 7) is 0. The van der Waals surface area contributed by atoms with Crippen molar-refractivity contribution >= 4 is 7.28 Å². The second-order valence-corrected chi connectivity index (χ2v) is 2.11. The van der Waals surface area contributed by atoms with Gasteiger partial charge in [0.2, 0.25) is 7.28 Å². The smallest absolute Gasteiger partial charge is 0.220 e. The molecule has 1 aliphatic rings. The molecule has 0 unspecified atom stereocenters. The second kappa shape index (κ2) is 4.00. The SMILES string of the molecule is FC1=CC=CC=C[B]C(F)=C1F. The molecule has 0 fully saturated rings. The molecule has 0 atom stereocenters. The lowest BCUT2D eigenvalue weighted by Gasteiger charge is -1.93. The average Bonchev–Trinajstić information content (AvgIpc) is 2.12. The zero-order valence-electron chi connectivity index (χ0n) is 6.10. The quantitative estimate of drug-likeness (QED) is 0.489. The lowest BCUT2D eigenvalue weighted by Crippen LogP contribution is -1.90. The van der Waals surface area contributed by atoms with E-state index in [1.54, 1.807) is 0 Å². The van der Waals surface area contributed by atoms with Crippen molar-refractivity contribution in [3.63, 3.8) is 0 Å². The Morgan fingerprint density at radius 2 is 1.75 bits per heavy atom. The maximum Gasteiger partial charge on any atom is 0.225 e. The Bertz CT molecular complexity index is 281. The van der Waals surface area contributed by atoms with Gasteiger partial charge in [-0.05, 0) is 6.08 Å². The summed E-state index contributed by atoms with van der Waals surface area (Å²) in [6.07, 6.45) is 5.10. The molecule has 61 valence electrons. The van der Waals surface area contributed by atoms with Crippen LogP contribution in [0.3, 0.4) is 0 Å². The van der Waals surface area contributed by atoms with Gasteiger partial charge >= 0.3 is 0 Å². The molecule has 0 aliphatic carbocycles. The summed E-state index contributed by atoms with van der Waals surface area (Å²) >= 11 is 0. The highest BCUT2D eigenvalue weighted by atomic mass is 19.2. The van der Waals surface area contributed by atoms with Crippen molar-refractivity contribution < 1.29 is 13.2 Å². The van der Waals surface area contributed by atoms with E-state index < -0.39 is 17.4 Å². The zero-order valence-corrected chi connectivity index (χ0v) is 6.10. The van der Waals surface area contributed by atoms with Gasteiger partial charge in [-0.15, -0.1) is 5.98 Å².